The van der Waals surface area contributed by atoms with Gasteiger partial charge in [-0.25, -0.2) is 0 Å². The second kappa shape index (κ2) is 6.61. The van der Waals surface area contributed by atoms with Crippen LogP contribution in [0.15, 0.2) is 36.5 Å². The van der Waals surface area contributed by atoms with Crippen molar-refractivity contribution in [3.05, 3.63) is 41.3 Å². The Labute approximate surface area is 132 Å². The Balaban J connectivity index is 1.77. The standard InChI is InChI=1S/C18H24N2S/c1-2-14-8-10-15(11-9-14)13-20-17(12-19-18(20)21)16-6-4-3-5-7-16/h3-7,12,14-15H,2,8-11,13H2,1H3,(H,19,21). The molecule has 0 amide bonds. The highest BCUT2D eigenvalue weighted by Crippen LogP contribution is 2.32. The van der Waals surface area contributed by atoms with Crippen molar-refractivity contribution in [2.24, 2.45) is 11.8 Å². The number of nitrogens with zero attached hydrogens (tertiary/aromatic N) is 1. The fourth-order valence-electron chi connectivity index (χ4n) is 3.51. The van der Waals surface area contributed by atoms with Gasteiger partial charge in [-0.15, -0.1) is 0 Å². The summed E-state index contributed by atoms with van der Waals surface area (Å²) >= 11 is 5.49. The molecule has 0 radical (unpaired) electrons. The average Bonchev–Trinajstić information content (AvgIpc) is 2.90. The molecule has 3 rings (SSSR count). The van der Waals surface area contributed by atoms with Crippen molar-refractivity contribution in [2.45, 2.75) is 45.6 Å². The number of rotatable bonds is 4. The van der Waals surface area contributed by atoms with Gasteiger partial charge in [-0.3, -0.25) is 0 Å². The molecule has 1 saturated carbocycles. The Morgan fingerprint density at radius 1 is 1.10 bits per heavy atom. The SMILES string of the molecule is CCC1CCC(Cn2c(-c3ccccc3)c[nH]c2=S)CC1. The van der Waals surface area contributed by atoms with Gasteiger partial charge in [0.1, 0.15) is 0 Å². The van der Waals surface area contributed by atoms with E-state index in [1.165, 1.54) is 43.4 Å². The first kappa shape index (κ1) is 14.6. The molecular formula is C18H24N2S. The van der Waals surface area contributed by atoms with E-state index in [-0.39, 0.29) is 0 Å². The van der Waals surface area contributed by atoms with Gasteiger partial charge in [-0.2, -0.15) is 0 Å². The third-order valence-electron chi connectivity index (χ3n) is 4.92. The molecule has 1 N–H and O–H groups in total. The molecule has 1 aromatic heterocycles. The van der Waals surface area contributed by atoms with Gasteiger partial charge in [0.2, 0.25) is 0 Å². The van der Waals surface area contributed by atoms with Crippen LogP contribution >= 0.6 is 12.2 Å². The van der Waals surface area contributed by atoms with Crippen LogP contribution in [0.2, 0.25) is 0 Å². The molecule has 0 atom stereocenters. The number of benzene rings is 1. The van der Waals surface area contributed by atoms with Crippen LogP contribution in [-0.4, -0.2) is 9.55 Å². The van der Waals surface area contributed by atoms with E-state index in [1.54, 1.807) is 0 Å². The van der Waals surface area contributed by atoms with Crippen LogP contribution in [0.1, 0.15) is 39.0 Å². The molecule has 2 nitrogen and oxygen atoms in total. The number of aromatic amines is 1. The van der Waals surface area contributed by atoms with Gasteiger partial charge in [-0.1, -0.05) is 56.5 Å². The summed E-state index contributed by atoms with van der Waals surface area (Å²) in [6, 6.07) is 10.5. The van der Waals surface area contributed by atoms with E-state index in [9.17, 15) is 0 Å². The summed E-state index contributed by atoms with van der Waals surface area (Å²) in [7, 11) is 0. The smallest absolute Gasteiger partial charge is 0.177 e. The van der Waals surface area contributed by atoms with E-state index < -0.39 is 0 Å². The van der Waals surface area contributed by atoms with Crippen LogP contribution < -0.4 is 0 Å². The molecule has 21 heavy (non-hydrogen) atoms. The Kier molecular flexibility index (Phi) is 4.59. The second-order valence-electron chi connectivity index (χ2n) is 6.25. The molecule has 0 saturated heterocycles. The molecular weight excluding hydrogens is 276 g/mol. The molecule has 2 aromatic rings. The number of nitrogens with one attached hydrogen (secondary N) is 1. The molecule has 1 heterocycles. The molecule has 1 aromatic carbocycles. The first-order chi connectivity index (χ1) is 10.3. The van der Waals surface area contributed by atoms with E-state index >= 15 is 0 Å². The molecule has 0 spiro atoms. The molecule has 0 aliphatic heterocycles. The first-order valence-electron chi connectivity index (χ1n) is 8.11. The maximum atomic E-state index is 5.49. The topological polar surface area (TPSA) is 20.7 Å². The highest BCUT2D eigenvalue weighted by molar-refractivity contribution is 7.71. The van der Waals surface area contributed by atoms with Crippen LogP contribution in [0.4, 0.5) is 0 Å². The molecule has 0 bridgehead atoms. The fourth-order valence-corrected chi connectivity index (χ4v) is 3.74. The minimum atomic E-state index is 0.776. The van der Waals surface area contributed by atoms with E-state index in [4.69, 9.17) is 12.2 Å². The number of H-pyrrole nitrogens is 1. The van der Waals surface area contributed by atoms with Crippen molar-refractivity contribution in [1.82, 2.24) is 9.55 Å². The lowest BCUT2D eigenvalue weighted by Gasteiger charge is -2.28. The maximum absolute atomic E-state index is 5.49. The predicted octanol–water partition coefficient (Wildman–Crippen LogP) is 5.43. The zero-order valence-electron chi connectivity index (χ0n) is 12.7. The molecule has 112 valence electrons. The van der Waals surface area contributed by atoms with Gasteiger partial charge in [0.25, 0.3) is 0 Å². The maximum Gasteiger partial charge on any atom is 0.177 e. The van der Waals surface area contributed by atoms with Crippen molar-refractivity contribution < 1.29 is 0 Å². The van der Waals surface area contributed by atoms with Gasteiger partial charge in [0.15, 0.2) is 4.77 Å². The zero-order valence-corrected chi connectivity index (χ0v) is 13.5. The summed E-state index contributed by atoms with van der Waals surface area (Å²) in [4.78, 5) is 3.22. The highest BCUT2D eigenvalue weighted by atomic mass is 32.1. The normalized spacial score (nSPS) is 22.3. The molecule has 1 aliphatic carbocycles. The number of hydrogen-bond donors (Lipinski definition) is 1. The fraction of sp³-hybridized carbons (Fsp3) is 0.500. The summed E-state index contributed by atoms with van der Waals surface area (Å²) in [5.41, 5.74) is 2.46. The van der Waals surface area contributed by atoms with Crippen LogP contribution in [0.5, 0.6) is 0 Å². The van der Waals surface area contributed by atoms with Gasteiger partial charge in [-0.05, 0) is 42.5 Å². The van der Waals surface area contributed by atoms with Crippen LogP contribution in [0, 0.1) is 16.6 Å². The quantitative estimate of drug-likeness (QED) is 0.747. The minimum absolute atomic E-state index is 0.776. The molecule has 1 fully saturated rings. The monoisotopic (exact) mass is 300 g/mol. The Hall–Kier alpha value is -1.35. The van der Waals surface area contributed by atoms with Crippen LogP contribution in [-0.2, 0) is 6.54 Å². The summed E-state index contributed by atoms with van der Waals surface area (Å²) in [6.45, 7) is 3.38. The minimum Gasteiger partial charge on any atom is -0.337 e. The third kappa shape index (κ3) is 3.29. The molecule has 1 aliphatic rings. The molecule has 0 unspecified atom stereocenters. The van der Waals surface area contributed by atoms with Crippen molar-refractivity contribution in [3.8, 4) is 11.3 Å². The molecule has 3 heteroatoms. The van der Waals surface area contributed by atoms with Crippen molar-refractivity contribution in [2.75, 3.05) is 0 Å². The summed E-state index contributed by atoms with van der Waals surface area (Å²) in [6.07, 6.45) is 8.86. The van der Waals surface area contributed by atoms with Crippen molar-refractivity contribution in [3.63, 3.8) is 0 Å². The Bertz CT molecular complexity index is 618. The van der Waals surface area contributed by atoms with E-state index in [2.05, 4.69) is 53.0 Å². The first-order valence-corrected chi connectivity index (χ1v) is 8.52. The lowest BCUT2D eigenvalue weighted by atomic mass is 9.81. The zero-order chi connectivity index (χ0) is 14.7. The van der Waals surface area contributed by atoms with Crippen LogP contribution in [0.3, 0.4) is 0 Å². The summed E-state index contributed by atoms with van der Waals surface area (Å²) in [5, 5.41) is 0. The van der Waals surface area contributed by atoms with E-state index in [0.29, 0.717) is 0 Å². The Morgan fingerprint density at radius 2 is 1.76 bits per heavy atom. The van der Waals surface area contributed by atoms with Gasteiger partial charge in [0.05, 0.1) is 5.69 Å². The lowest BCUT2D eigenvalue weighted by molar-refractivity contribution is 0.247. The van der Waals surface area contributed by atoms with E-state index in [0.717, 1.165) is 23.2 Å². The van der Waals surface area contributed by atoms with Gasteiger partial charge in [0, 0.05) is 12.7 Å². The van der Waals surface area contributed by atoms with E-state index in [1.807, 2.05) is 0 Å². The third-order valence-corrected chi connectivity index (χ3v) is 5.26. The summed E-state index contributed by atoms with van der Waals surface area (Å²) in [5.74, 6) is 1.73. The highest BCUT2D eigenvalue weighted by Gasteiger charge is 2.21. The second-order valence-corrected chi connectivity index (χ2v) is 6.64. The van der Waals surface area contributed by atoms with Gasteiger partial charge < -0.3 is 9.55 Å². The van der Waals surface area contributed by atoms with Crippen molar-refractivity contribution >= 4 is 12.2 Å². The number of imidazole rings is 1. The van der Waals surface area contributed by atoms with Crippen LogP contribution in [0.25, 0.3) is 11.3 Å². The average molecular weight is 300 g/mol. The number of hydrogen-bond acceptors (Lipinski definition) is 1. The Morgan fingerprint density at radius 3 is 2.43 bits per heavy atom. The summed E-state index contributed by atoms with van der Waals surface area (Å²) < 4.78 is 3.15. The van der Waals surface area contributed by atoms with Gasteiger partial charge >= 0.3 is 0 Å². The lowest BCUT2D eigenvalue weighted by Crippen LogP contribution is -2.19. The number of aromatic nitrogens is 2. The predicted molar refractivity (Wildman–Crippen MR) is 90.8 cm³/mol. The largest absolute Gasteiger partial charge is 0.337 e. The van der Waals surface area contributed by atoms with Crippen molar-refractivity contribution in [1.29, 1.82) is 0 Å².